The molecule has 90 valence electrons. The van der Waals surface area contributed by atoms with E-state index in [0.717, 1.165) is 6.54 Å². The summed E-state index contributed by atoms with van der Waals surface area (Å²) in [6.07, 6.45) is 0. The number of hydrogen-bond acceptors (Lipinski definition) is 5. The van der Waals surface area contributed by atoms with Crippen LogP contribution in [0.3, 0.4) is 0 Å². The van der Waals surface area contributed by atoms with Crippen molar-refractivity contribution in [3.63, 3.8) is 0 Å². The average molecular weight is 259 g/mol. The van der Waals surface area contributed by atoms with Crippen LogP contribution in [0.25, 0.3) is 0 Å². The molecule has 0 aliphatic heterocycles. The van der Waals surface area contributed by atoms with Crippen LogP contribution >= 0.6 is 23.1 Å². The van der Waals surface area contributed by atoms with Crippen molar-refractivity contribution < 1.29 is 9.53 Å². The summed E-state index contributed by atoms with van der Waals surface area (Å²) in [5, 5.41) is 5.18. The van der Waals surface area contributed by atoms with Crippen LogP contribution in [0.5, 0.6) is 0 Å². The van der Waals surface area contributed by atoms with Gasteiger partial charge < -0.3 is 10.1 Å². The Balaban J connectivity index is 2.41. The summed E-state index contributed by atoms with van der Waals surface area (Å²) in [4.78, 5) is 11.6. The summed E-state index contributed by atoms with van der Waals surface area (Å²) in [5.74, 6) is 0.557. The fourth-order valence-corrected chi connectivity index (χ4v) is 3.06. The molecule has 0 aliphatic carbocycles. The summed E-state index contributed by atoms with van der Waals surface area (Å²) in [7, 11) is 0. The second-order valence-electron chi connectivity index (χ2n) is 3.11. The minimum Gasteiger partial charge on any atom is -0.465 e. The van der Waals surface area contributed by atoms with Gasteiger partial charge in [-0.05, 0) is 24.9 Å². The average Bonchev–Trinajstić information content (AvgIpc) is 2.77. The molecule has 1 heterocycles. The minimum absolute atomic E-state index is 0.159. The molecule has 3 nitrogen and oxygen atoms in total. The Morgan fingerprint density at radius 1 is 1.62 bits per heavy atom. The monoisotopic (exact) mass is 259 g/mol. The first-order chi connectivity index (χ1) is 7.77. The zero-order chi connectivity index (χ0) is 11.8. The SMILES string of the molecule is CCNC(CSc1cccs1)C(=O)OCC. The first-order valence-corrected chi connectivity index (χ1v) is 7.20. The zero-order valence-corrected chi connectivity index (χ0v) is 11.2. The van der Waals surface area contributed by atoms with Crippen LogP contribution in [-0.2, 0) is 9.53 Å². The van der Waals surface area contributed by atoms with Gasteiger partial charge >= 0.3 is 5.97 Å². The van der Waals surface area contributed by atoms with Crippen LogP contribution in [0, 0.1) is 0 Å². The minimum atomic E-state index is -0.211. The molecule has 0 saturated carbocycles. The second-order valence-corrected chi connectivity index (χ2v) is 5.37. The third-order valence-electron chi connectivity index (χ3n) is 1.91. The lowest BCUT2D eigenvalue weighted by Gasteiger charge is -2.15. The van der Waals surface area contributed by atoms with Gasteiger partial charge in [0.1, 0.15) is 6.04 Å². The Bertz CT molecular complexity index is 301. The molecule has 0 bridgehead atoms. The summed E-state index contributed by atoms with van der Waals surface area (Å²) < 4.78 is 6.24. The van der Waals surface area contributed by atoms with Gasteiger partial charge in [0.05, 0.1) is 10.8 Å². The molecule has 0 radical (unpaired) electrons. The maximum Gasteiger partial charge on any atom is 0.323 e. The molecule has 0 amide bonds. The molecule has 1 N–H and O–H groups in total. The van der Waals surface area contributed by atoms with E-state index in [4.69, 9.17) is 4.74 Å². The van der Waals surface area contributed by atoms with Crippen molar-refractivity contribution in [2.45, 2.75) is 24.1 Å². The maximum atomic E-state index is 11.6. The van der Waals surface area contributed by atoms with E-state index in [1.54, 1.807) is 23.1 Å². The van der Waals surface area contributed by atoms with Gasteiger partial charge in [-0.3, -0.25) is 4.79 Å². The number of likely N-dealkylation sites (N-methyl/N-ethyl adjacent to an activating group) is 1. The van der Waals surface area contributed by atoms with Gasteiger partial charge in [-0.25, -0.2) is 0 Å². The quantitative estimate of drug-likeness (QED) is 0.603. The molecule has 5 heteroatoms. The van der Waals surface area contributed by atoms with Gasteiger partial charge in [-0.1, -0.05) is 13.0 Å². The number of carbonyl (C=O) groups is 1. The standard InChI is InChI=1S/C11H17NO2S2/c1-3-12-9(11(13)14-4-2)8-16-10-6-5-7-15-10/h5-7,9,12H,3-4,8H2,1-2H3. The molecule has 1 aromatic rings. The van der Waals surface area contributed by atoms with Crippen LogP contribution in [0.2, 0.25) is 0 Å². The highest BCUT2D eigenvalue weighted by Crippen LogP contribution is 2.24. The van der Waals surface area contributed by atoms with Crippen LogP contribution in [0.15, 0.2) is 21.7 Å². The van der Waals surface area contributed by atoms with Crippen LogP contribution in [0.4, 0.5) is 0 Å². The molecule has 0 aliphatic rings. The Labute approximate surface area is 105 Å². The van der Waals surface area contributed by atoms with Gasteiger partial charge in [0.15, 0.2) is 0 Å². The highest BCUT2D eigenvalue weighted by molar-refractivity contribution is 8.01. The van der Waals surface area contributed by atoms with Gasteiger partial charge in [0.25, 0.3) is 0 Å². The fraction of sp³-hybridized carbons (Fsp3) is 0.545. The number of hydrogen-bond donors (Lipinski definition) is 1. The van der Waals surface area contributed by atoms with Crippen LogP contribution in [-0.4, -0.2) is 30.9 Å². The number of carbonyl (C=O) groups excluding carboxylic acids is 1. The number of esters is 1. The molecule has 0 fully saturated rings. The smallest absolute Gasteiger partial charge is 0.323 e. The molecule has 1 rings (SSSR count). The molecule has 0 aromatic carbocycles. The van der Waals surface area contributed by atoms with Crippen molar-refractivity contribution in [2.75, 3.05) is 18.9 Å². The Hall–Kier alpha value is -0.520. The molecular formula is C11H17NO2S2. The number of thiophene rings is 1. The number of ether oxygens (including phenoxy) is 1. The third-order valence-corrected chi connectivity index (χ3v) is 4.13. The molecule has 0 saturated heterocycles. The van der Waals surface area contributed by atoms with E-state index in [-0.39, 0.29) is 12.0 Å². The van der Waals surface area contributed by atoms with Crippen molar-refractivity contribution in [3.8, 4) is 0 Å². The van der Waals surface area contributed by atoms with Crippen molar-refractivity contribution in [2.24, 2.45) is 0 Å². The summed E-state index contributed by atoms with van der Waals surface area (Å²) in [5.41, 5.74) is 0. The molecule has 1 unspecified atom stereocenters. The Morgan fingerprint density at radius 3 is 3.00 bits per heavy atom. The summed E-state index contributed by atoms with van der Waals surface area (Å²) >= 11 is 3.38. The third kappa shape index (κ3) is 4.55. The normalized spacial score (nSPS) is 12.4. The predicted octanol–water partition coefficient (Wildman–Crippen LogP) is 2.38. The Kier molecular flexibility index (Phi) is 6.52. The van der Waals surface area contributed by atoms with E-state index < -0.39 is 0 Å². The van der Waals surface area contributed by atoms with Gasteiger partial charge in [-0.15, -0.1) is 23.1 Å². The predicted molar refractivity (Wildman–Crippen MR) is 69.1 cm³/mol. The highest BCUT2D eigenvalue weighted by Gasteiger charge is 2.18. The molecule has 1 aromatic heterocycles. The van der Waals surface area contributed by atoms with Crippen molar-refractivity contribution in [3.05, 3.63) is 17.5 Å². The molecular weight excluding hydrogens is 242 g/mol. The molecule has 16 heavy (non-hydrogen) atoms. The highest BCUT2D eigenvalue weighted by atomic mass is 32.2. The van der Waals surface area contributed by atoms with E-state index in [1.807, 2.05) is 25.3 Å². The first kappa shape index (κ1) is 13.5. The van der Waals surface area contributed by atoms with Crippen LogP contribution in [0.1, 0.15) is 13.8 Å². The van der Waals surface area contributed by atoms with Crippen molar-refractivity contribution in [1.82, 2.24) is 5.32 Å². The van der Waals surface area contributed by atoms with E-state index >= 15 is 0 Å². The zero-order valence-electron chi connectivity index (χ0n) is 9.56. The number of nitrogens with one attached hydrogen (secondary N) is 1. The number of rotatable bonds is 7. The largest absolute Gasteiger partial charge is 0.465 e. The lowest BCUT2D eigenvalue weighted by Crippen LogP contribution is -2.39. The fourth-order valence-electron chi connectivity index (χ4n) is 1.21. The van der Waals surface area contributed by atoms with Crippen LogP contribution < -0.4 is 5.32 Å². The summed E-state index contributed by atoms with van der Waals surface area (Å²) in [6.45, 7) is 5.02. The number of thioether (sulfide) groups is 1. The van der Waals surface area contributed by atoms with E-state index in [1.165, 1.54) is 4.21 Å². The first-order valence-electron chi connectivity index (χ1n) is 5.34. The Morgan fingerprint density at radius 2 is 2.44 bits per heavy atom. The summed E-state index contributed by atoms with van der Waals surface area (Å²) in [6, 6.07) is 3.86. The van der Waals surface area contributed by atoms with Gasteiger partial charge in [0.2, 0.25) is 0 Å². The van der Waals surface area contributed by atoms with E-state index in [9.17, 15) is 4.79 Å². The van der Waals surface area contributed by atoms with E-state index in [2.05, 4.69) is 11.4 Å². The van der Waals surface area contributed by atoms with Gasteiger partial charge in [0, 0.05) is 5.75 Å². The maximum absolute atomic E-state index is 11.6. The molecule has 0 spiro atoms. The lowest BCUT2D eigenvalue weighted by atomic mass is 10.3. The van der Waals surface area contributed by atoms with E-state index in [0.29, 0.717) is 12.4 Å². The van der Waals surface area contributed by atoms with Crippen molar-refractivity contribution in [1.29, 1.82) is 0 Å². The second kappa shape index (κ2) is 7.70. The topological polar surface area (TPSA) is 38.3 Å². The van der Waals surface area contributed by atoms with Gasteiger partial charge in [-0.2, -0.15) is 0 Å². The molecule has 1 atom stereocenters. The lowest BCUT2D eigenvalue weighted by molar-refractivity contribution is -0.144. The van der Waals surface area contributed by atoms with Crippen molar-refractivity contribution >= 4 is 29.1 Å².